The molecule has 0 spiro atoms. The van der Waals surface area contributed by atoms with E-state index >= 15 is 0 Å². The van der Waals surface area contributed by atoms with Gasteiger partial charge in [0.2, 0.25) is 5.91 Å². The van der Waals surface area contributed by atoms with Gasteiger partial charge in [0.1, 0.15) is 0 Å². The molecule has 0 unspecified atom stereocenters. The van der Waals surface area contributed by atoms with Gasteiger partial charge in [-0.05, 0) is 22.8 Å². The first-order valence-corrected chi connectivity index (χ1v) is 3.30. The van der Waals surface area contributed by atoms with E-state index in [2.05, 4.69) is 10.0 Å². The Morgan fingerprint density at radius 2 is 1.79 bits per heavy atom. The first-order valence-electron chi connectivity index (χ1n) is 3.30. The number of nitrogens with zero attached hydrogens (tertiary/aromatic N) is 3. The molecule has 0 aliphatic heterocycles. The van der Waals surface area contributed by atoms with Gasteiger partial charge in [0.05, 0.1) is 0 Å². The molecule has 1 rings (SSSR count). The van der Waals surface area contributed by atoms with Crippen LogP contribution in [-0.2, 0) is 0 Å². The summed E-state index contributed by atoms with van der Waals surface area (Å²) in [4.78, 5) is 12.9. The van der Waals surface area contributed by atoms with Crippen molar-refractivity contribution in [1.82, 2.24) is 0 Å². The van der Waals surface area contributed by atoms with Gasteiger partial charge < -0.3 is 0 Å². The largest absolute Gasteiger partial charge is 0.287 e. The van der Waals surface area contributed by atoms with E-state index in [1.54, 1.807) is 0 Å². The smallest absolute Gasteiger partial charge is 0.249 e. The predicted octanol–water partition coefficient (Wildman–Crippen LogP) is 2.55. The highest BCUT2D eigenvalue weighted by atomic mass is 19.2. The molecule has 14 heavy (non-hydrogen) atoms. The molecule has 0 atom stereocenters. The molecular weight excluding hydrogens is 199 g/mol. The normalized spacial score (nSPS) is 9.36. The summed E-state index contributed by atoms with van der Waals surface area (Å²) in [5, 5.41) is 2.59. The minimum absolute atomic E-state index is 0.454. The van der Waals surface area contributed by atoms with E-state index < -0.39 is 28.9 Å². The van der Waals surface area contributed by atoms with Crippen molar-refractivity contribution in [2.24, 2.45) is 5.11 Å². The molecule has 0 N–H and O–H groups in total. The maximum Gasteiger partial charge on any atom is 0.249 e. The van der Waals surface area contributed by atoms with Crippen molar-refractivity contribution in [3.63, 3.8) is 0 Å². The number of rotatable bonds is 1. The van der Waals surface area contributed by atoms with Gasteiger partial charge >= 0.3 is 0 Å². The van der Waals surface area contributed by atoms with E-state index in [-0.39, 0.29) is 0 Å². The SMILES string of the molecule is [N-]=[N+]=NC(=O)c1cc(F)c(F)c(F)c1. The van der Waals surface area contributed by atoms with Crippen molar-refractivity contribution in [3.8, 4) is 0 Å². The lowest BCUT2D eigenvalue weighted by molar-refractivity contribution is 0.0999. The Morgan fingerprint density at radius 1 is 1.29 bits per heavy atom. The van der Waals surface area contributed by atoms with E-state index in [9.17, 15) is 18.0 Å². The third-order valence-electron chi connectivity index (χ3n) is 1.37. The van der Waals surface area contributed by atoms with E-state index in [0.29, 0.717) is 12.1 Å². The van der Waals surface area contributed by atoms with Crippen LogP contribution in [0.5, 0.6) is 0 Å². The van der Waals surface area contributed by atoms with E-state index in [1.165, 1.54) is 0 Å². The molecule has 7 heteroatoms. The van der Waals surface area contributed by atoms with Gasteiger partial charge in [-0.1, -0.05) is 0 Å². The summed E-state index contributed by atoms with van der Waals surface area (Å²) in [6.45, 7) is 0. The minimum Gasteiger partial charge on any atom is -0.287 e. The lowest BCUT2D eigenvalue weighted by Gasteiger charge is -1.97. The van der Waals surface area contributed by atoms with E-state index in [0.717, 1.165) is 0 Å². The third kappa shape index (κ3) is 1.83. The molecule has 1 aromatic carbocycles. The first-order chi connectivity index (χ1) is 6.56. The summed E-state index contributed by atoms with van der Waals surface area (Å²) in [5.41, 5.74) is 7.32. The molecule has 0 fully saturated rings. The lowest BCUT2D eigenvalue weighted by Crippen LogP contribution is -1.99. The Hall–Kier alpha value is -2.01. The van der Waals surface area contributed by atoms with Crippen molar-refractivity contribution in [1.29, 1.82) is 0 Å². The highest BCUT2D eigenvalue weighted by Crippen LogP contribution is 2.14. The van der Waals surface area contributed by atoms with Crippen LogP contribution in [0, 0.1) is 17.5 Å². The summed E-state index contributed by atoms with van der Waals surface area (Å²) in [7, 11) is 0. The van der Waals surface area contributed by atoms with Crippen LogP contribution in [0.25, 0.3) is 10.4 Å². The van der Waals surface area contributed by atoms with Crippen molar-refractivity contribution < 1.29 is 18.0 Å². The quantitative estimate of drug-likeness (QED) is 0.298. The number of benzene rings is 1. The van der Waals surface area contributed by atoms with Gasteiger partial charge in [-0.15, -0.1) is 0 Å². The van der Waals surface area contributed by atoms with E-state index in [4.69, 9.17) is 5.53 Å². The fourth-order valence-corrected chi connectivity index (χ4v) is 0.777. The highest BCUT2D eigenvalue weighted by Gasteiger charge is 2.13. The van der Waals surface area contributed by atoms with Crippen LogP contribution in [0.15, 0.2) is 17.2 Å². The second-order valence-electron chi connectivity index (χ2n) is 2.25. The third-order valence-corrected chi connectivity index (χ3v) is 1.37. The summed E-state index contributed by atoms with van der Waals surface area (Å²) < 4.78 is 37.5. The second-order valence-corrected chi connectivity index (χ2v) is 2.25. The Balaban J connectivity index is 3.25. The van der Waals surface area contributed by atoms with Gasteiger partial charge in [-0.3, -0.25) is 4.79 Å². The van der Waals surface area contributed by atoms with Gasteiger partial charge in [0, 0.05) is 10.5 Å². The van der Waals surface area contributed by atoms with Gasteiger partial charge in [0.25, 0.3) is 0 Å². The summed E-state index contributed by atoms with van der Waals surface area (Å²) in [5.74, 6) is -5.88. The van der Waals surface area contributed by atoms with Crippen LogP contribution in [-0.4, -0.2) is 5.91 Å². The molecule has 72 valence electrons. The van der Waals surface area contributed by atoms with Crippen LogP contribution in [0.4, 0.5) is 13.2 Å². The van der Waals surface area contributed by atoms with Crippen molar-refractivity contribution in [3.05, 3.63) is 45.6 Å². The molecule has 0 heterocycles. The monoisotopic (exact) mass is 201 g/mol. The Bertz CT molecular complexity index is 417. The van der Waals surface area contributed by atoms with Crippen molar-refractivity contribution in [2.75, 3.05) is 0 Å². The number of carbonyl (C=O) groups is 1. The molecule has 0 aliphatic rings. The molecule has 1 aromatic rings. The van der Waals surface area contributed by atoms with Crippen LogP contribution in [0.3, 0.4) is 0 Å². The van der Waals surface area contributed by atoms with Crippen LogP contribution in [0.2, 0.25) is 0 Å². The highest BCUT2D eigenvalue weighted by molar-refractivity contribution is 5.94. The van der Waals surface area contributed by atoms with Crippen LogP contribution < -0.4 is 0 Å². The summed E-state index contributed by atoms with van der Waals surface area (Å²) >= 11 is 0. The molecule has 1 amide bonds. The molecule has 0 saturated carbocycles. The molecule has 0 aliphatic carbocycles. The molecule has 0 saturated heterocycles. The van der Waals surface area contributed by atoms with Crippen LogP contribution >= 0.6 is 0 Å². The number of hydrogen-bond acceptors (Lipinski definition) is 1. The Kier molecular flexibility index (Phi) is 2.73. The zero-order chi connectivity index (χ0) is 10.7. The second kappa shape index (κ2) is 3.80. The average molecular weight is 201 g/mol. The molecular formula is C7H2F3N3O. The Morgan fingerprint density at radius 3 is 2.21 bits per heavy atom. The minimum atomic E-state index is -1.68. The van der Waals surface area contributed by atoms with Gasteiger partial charge in [-0.25, -0.2) is 13.2 Å². The number of carbonyl (C=O) groups excluding carboxylic acids is 1. The number of azide groups is 1. The van der Waals surface area contributed by atoms with Gasteiger partial charge in [0.15, 0.2) is 17.5 Å². The van der Waals surface area contributed by atoms with Gasteiger partial charge in [-0.2, -0.15) is 0 Å². The molecule has 4 nitrogen and oxygen atoms in total. The maximum atomic E-state index is 12.5. The van der Waals surface area contributed by atoms with E-state index in [1.807, 2.05) is 0 Å². The lowest BCUT2D eigenvalue weighted by atomic mass is 10.2. The fraction of sp³-hybridized carbons (Fsp3) is 0. The topological polar surface area (TPSA) is 65.8 Å². The first kappa shape index (κ1) is 10.1. The maximum absolute atomic E-state index is 12.5. The standard InChI is InChI=1S/C7H2F3N3O/c8-4-1-3(7(14)12-13-11)2-5(9)6(4)10/h1-2H. The summed E-state index contributed by atoms with van der Waals surface area (Å²) in [6.07, 6.45) is 0. The Labute approximate surface area is 75.6 Å². The predicted molar refractivity (Wildman–Crippen MR) is 39.8 cm³/mol. The zero-order valence-electron chi connectivity index (χ0n) is 6.54. The van der Waals surface area contributed by atoms with Crippen LogP contribution in [0.1, 0.15) is 10.4 Å². The number of amides is 1. The molecule has 0 bridgehead atoms. The molecule has 0 radical (unpaired) electrons. The fourth-order valence-electron chi connectivity index (χ4n) is 0.777. The van der Waals surface area contributed by atoms with Crippen molar-refractivity contribution in [2.45, 2.75) is 0 Å². The number of halogens is 3. The zero-order valence-corrected chi connectivity index (χ0v) is 6.54. The number of hydrogen-bond donors (Lipinski definition) is 0. The molecule has 0 aromatic heterocycles. The average Bonchev–Trinajstić information content (AvgIpc) is 2.13. The summed E-state index contributed by atoms with van der Waals surface area (Å²) in [6, 6.07) is 0.908. The van der Waals surface area contributed by atoms with Crippen molar-refractivity contribution >= 4 is 5.91 Å².